The summed E-state index contributed by atoms with van der Waals surface area (Å²) < 4.78 is 5.65. The van der Waals surface area contributed by atoms with Gasteiger partial charge in [-0.05, 0) is 24.4 Å². The summed E-state index contributed by atoms with van der Waals surface area (Å²) in [6, 6.07) is 0. The van der Waals surface area contributed by atoms with Crippen LogP contribution in [0.1, 0.15) is 47.8 Å². The van der Waals surface area contributed by atoms with Gasteiger partial charge in [-0.25, -0.2) is 0 Å². The Balaban J connectivity index is 2.26. The zero-order valence-corrected chi connectivity index (χ0v) is 13.0. The molecule has 2 aromatic heterocycles. The van der Waals surface area contributed by atoms with Gasteiger partial charge in [0.25, 0.3) is 0 Å². The summed E-state index contributed by atoms with van der Waals surface area (Å²) in [5.74, 6) is 0.243. The molecule has 0 saturated carbocycles. The number of halogens is 1. The van der Waals surface area contributed by atoms with Crippen LogP contribution in [0.4, 0.5) is 0 Å². The van der Waals surface area contributed by atoms with Gasteiger partial charge >= 0.3 is 0 Å². The minimum atomic E-state index is -0.648. The molecule has 19 heavy (non-hydrogen) atoms. The maximum absolute atomic E-state index is 10.4. The van der Waals surface area contributed by atoms with Gasteiger partial charge in [-0.1, -0.05) is 29.9 Å². The molecule has 0 radical (unpaired) electrons. The minimum Gasteiger partial charge on any atom is -0.387 e. The Bertz CT molecular complexity index is 578. The second-order valence-electron chi connectivity index (χ2n) is 4.87. The fourth-order valence-corrected chi connectivity index (χ4v) is 3.04. The summed E-state index contributed by atoms with van der Waals surface area (Å²) >= 11 is 7.44. The minimum absolute atomic E-state index is 0.243. The molecule has 2 heterocycles. The smallest absolute Gasteiger partial charge is 0.0972 e. The molecule has 0 aliphatic carbocycles. The van der Waals surface area contributed by atoms with Crippen molar-refractivity contribution >= 4 is 23.1 Å². The third-order valence-corrected chi connectivity index (χ3v) is 4.37. The maximum atomic E-state index is 10.4. The van der Waals surface area contributed by atoms with Crippen LogP contribution in [0.3, 0.4) is 0 Å². The topological polar surface area (TPSA) is 63.8 Å². The monoisotopic (exact) mass is 300 g/mol. The van der Waals surface area contributed by atoms with Gasteiger partial charge in [0.2, 0.25) is 0 Å². The van der Waals surface area contributed by atoms with Crippen LogP contribution < -0.4 is 0 Å². The molecule has 0 bridgehead atoms. The maximum Gasteiger partial charge on any atom is 0.0972 e. The summed E-state index contributed by atoms with van der Waals surface area (Å²) in [6.45, 7) is 5.92. The van der Waals surface area contributed by atoms with E-state index in [1.807, 2.05) is 27.8 Å². The Kier molecular flexibility index (Phi) is 4.23. The highest BCUT2D eigenvalue weighted by Gasteiger charge is 2.22. The lowest BCUT2D eigenvalue weighted by Crippen LogP contribution is -2.08. The number of hydrogen-bond donors (Lipinski definition) is 1. The molecule has 0 fully saturated rings. The van der Waals surface area contributed by atoms with E-state index in [4.69, 9.17) is 11.6 Å². The summed E-state index contributed by atoms with van der Waals surface area (Å²) in [4.78, 5) is 0.810. The average molecular weight is 301 g/mol. The van der Waals surface area contributed by atoms with Crippen molar-refractivity contribution in [1.29, 1.82) is 0 Å². The quantitative estimate of drug-likeness (QED) is 0.943. The lowest BCUT2D eigenvalue weighted by Gasteiger charge is -2.11. The number of aryl methyl sites for hydroxylation is 2. The van der Waals surface area contributed by atoms with E-state index in [0.29, 0.717) is 11.4 Å². The first kappa shape index (κ1) is 14.4. The van der Waals surface area contributed by atoms with Crippen LogP contribution in [0, 0.1) is 6.92 Å². The molecule has 2 aromatic rings. The zero-order chi connectivity index (χ0) is 14.2. The van der Waals surface area contributed by atoms with Gasteiger partial charge in [-0.2, -0.15) is 5.10 Å². The molecule has 0 aliphatic heterocycles. The van der Waals surface area contributed by atoms with Gasteiger partial charge < -0.3 is 5.11 Å². The van der Waals surface area contributed by atoms with Crippen molar-refractivity contribution in [2.24, 2.45) is 7.05 Å². The zero-order valence-electron chi connectivity index (χ0n) is 11.4. The molecule has 0 amide bonds. The molecule has 0 spiro atoms. The normalized spacial score (nSPS) is 13.2. The van der Waals surface area contributed by atoms with E-state index in [1.54, 1.807) is 4.68 Å². The molecule has 7 heteroatoms. The van der Waals surface area contributed by atoms with E-state index in [0.717, 1.165) is 22.0 Å². The van der Waals surface area contributed by atoms with Crippen LogP contribution in [0.2, 0.25) is 5.02 Å². The van der Waals surface area contributed by atoms with Crippen LogP contribution in [0.15, 0.2) is 0 Å². The van der Waals surface area contributed by atoms with Gasteiger partial charge in [-0.3, -0.25) is 4.68 Å². The van der Waals surface area contributed by atoms with Crippen LogP contribution in [0.5, 0.6) is 0 Å². The summed E-state index contributed by atoms with van der Waals surface area (Å²) in [6.07, 6.45) is -0.232. The van der Waals surface area contributed by atoms with Crippen molar-refractivity contribution in [2.75, 3.05) is 0 Å². The highest BCUT2D eigenvalue weighted by molar-refractivity contribution is 7.05. The van der Waals surface area contributed by atoms with Gasteiger partial charge in [-0.15, -0.1) is 5.10 Å². The second kappa shape index (κ2) is 5.56. The lowest BCUT2D eigenvalue weighted by molar-refractivity contribution is 0.178. The fourth-order valence-electron chi connectivity index (χ4n) is 2.01. The molecule has 1 N–H and O–H groups in total. The Hall–Kier alpha value is -0.980. The van der Waals surface area contributed by atoms with Gasteiger partial charge in [0.1, 0.15) is 0 Å². The van der Waals surface area contributed by atoms with Crippen LogP contribution in [-0.2, 0) is 13.5 Å². The molecule has 1 unspecified atom stereocenters. The van der Waals surface area contributed by atoms with E-state index in [2.05, 4.69) is 14.7 Å². The summed E-state index contributed by atoms with van der Waals surface area (Å²) in [7, 11) is 1.83. The van der Waals surface area contributed by atoms with Crippen molar-refractivity contribution in [3.63, 3.8) is 0 Å². The predicted octanol–water partition coefficient (Wildman–Crippen LogP) is 2.63. The van der Waals surface area contributed by atoms with Crippen molar-refractivity contribution in [1.82, 2.24) is 19.4 Å². The number of nitrogens with zero attached hydrogens (tertiary/aromatic N) is 4. The highest BCUT2D eigenvalue weighted by atomic mass is 35.5. The molecule has 0 aliphatic rings. The van der Waals surface area contributed by atoms with Crippen LogP contribution in [-0.4, -0.2) is 24.5 Å². The standard InChI is InChI=1S/C12H17ClN4OS/c1-6(2)11-12(19-16-14-11)9(18)5-8-10(13)7(3)15-17(8)4/h6,9,18H,5H2,1-4H3. The van der Waals surface area contributed by atoms with E-state index < -0.39 is 6.10 Å². The number of aromatic nitrogens is 4. The third-order valence-electron chi connectivity index (χ3n) is 3.04. The van der Waals surface area contributed by atoms with Crippen molar-refractivity contribution in [3.8, 4) is 0 Å². The van der Waals surface area contributed by atoms with Gasteiger partial charge in [0.05, 0.1) is 33.1 Å². The molecular formula is C12H17ClN4OS. The van der Waals surface area contributed by atoms with Crippen molar-refractivity contribution in [2.45, 2.75) is 39.2 Å². The third kappa shape index (κ3) is 2.80. The lowest BCUT2D eigenvalue weighted by atomic mass is 10.0. The Morgan fingerprint density at radius 2 is 2.11 bits per heavy atom. The number of hydrogen-bond acceptors (Lipinski definition) is 5. The van der Waals surface area contributed by atoms with E-state index in [9.17, 15) is 5.11 Å². The van der Waals surface area contributed by atoms with Crippen molar-refractivity contribution in [3.05, 3.63) is 27.0 Å². The highest BCUT2D eigenvalue weighted by Crippen LogP contribution is 2.30. The first-order chi connectivity index (χ1) is 8.91. The van der Waals surface area contributed by atoms with E-state index in [-0.39, 0.29) is 5.92 Å². The van der Waals surface area contributed by atoms with Gasteiger partial charge in [0, 0.05) is 13.5 Å². The SMILES string of the molecule is Cc1nn(C)c(CC(O)c2snnc2C(C)C)c1Cl. The fraction of sp³-hybridized carbons (Fsp3) is 0.583. The molecule has 104 valence electrons. The van der Waals surface area contributed by atoms with Crippen LogP contribution in [0.25, 0.3) is 0 Å². The molecule has 0 saturated heterocycles. The summed E-state index contributed by atoms with van der Waals surface area (Å²) in [5, 5.41) is 19.3. The summed E-state index contributed by atoms with van der Waals surface area (Å²) in [5.41, 5.74) is 2.46. The molecule has 2 rings (SSSR count). The van der Waals surface area contributed by atoms with Crippen molar-refractivity contribution < 1.29 is 5.11 Å². The van der Waals surface area contributed by atoms with E-state index >= 15 is 0 Å². The first-order valence-electron chi connectivity index (χ1n) is 6.10. The second-order valence-corrected chi connectivity index (χ2v) is 6.03. The average Bonchev–Trinajstić information content (AvgIpc) is 2.90. The Labute approximate surface area is 121 Å². The van der Waals surface area contributed by atoms with Gasteiger partial charge in [0.15, 0.2) is 0 Å². The Morgan fingerprint density at radius 1 is 1.42 bits per heavy atom. The van der Waals surface area contributed by atoms with E-state index in [1.165, 1.54) is 11.5 Å². The molecule has 5 nitrogen and oxygen atoms in total. The number of aliphatic hydroxyl groups excluding tert-OH is 1. The molecule has 0 aromatic carbocycles. The number of rotatable bonds is 4. The van der Waals surface area contributed by atoms with Crippen LogP contribution >= 0.6 is 23.1 Å². The largest absolute Gasteiger partial charge is 0.387 e. The number of aliphatic hydroxyl groups is 1. The Morgan fingerprint density at radius 3 is 2.63 bits per heavy atom. The first-order valence-corrected chi connectivity index (χ1v) is 7.25. The predicted molar refractivity (Wildman–Crippen MR) is 75.6 cm³/mol. The molecular weight excluding hydrogens is 284 g/mol. The molecule has 1 atom stereocenters.